The molecule has 0 bridgehead atoms. The zero-order valence-corrected chi connectivity index (χ0v) is 13.1. The van der Waals surface area contributed by atoms with E-state index in [0.717, 1.165) is 5.39 Å². The average Bonchev–Trinajstić information content (AvgIpc) is 3.18. The summed E-state index contributed by atoms with van der Waals surface area (Å²) in [7, 11) is 0. The van der Waals surface area contributed by atoms with Gasteiger partial charge in [-0.3, -0.25) is 0 Å². The van der Waals surface area contributed by atoms with E-state index in [1.165, 1.54) is 10.7 Å². The summed E-state index contributed by atoms with van der Waals surface area (Å²) in [5.74, 6) is -0.754. The molecule has 122 valence electrons. The van der Waals surface area contributed by atoms with Crippen molar-refractivity contribution in [1.82, 2.24) is 29.4 Å². The Balaban J connectivity index is 2.22. The number of ether oxygens (including phenoxy) is 1. The van der Waals surface area contributed by atoms with Crippen LogP contribution in [0.25, 0.3) is 27.6 Å². The van der Waals surface area contributed by atoms with Gasteiger partial charge in [-0.05, 0) is 13.8 Å². The third-order valence-corrected chi connectivity index (χ3v) is 3.84. The topological polar surface area (TPSA) is 107 Å². The fraction of sp³-hybridized carbons (Fsp3) is 0.267. The molecule has 4 aromatic rings. The smallest absolute Gasteiger partial charge is 0.341 e. The average molecular weight is 326 g/mol. The number of carbonyl (C=O) groups is 1. The third-order valence-electron chi connectivity index (χ3n) is 3.84. The maximum Gasteiger partial charge on any atom is 0.341 e. The molecular weight excluding hydrogens is 312 g/mol. The maximum atomic E-state index is 11.4. The van der Waals surface area contributed by atoms with Gasteiger partial charge >= 0.3 is 5.97 Å². The zero-order valence-electron chi connectivity index (χ0n) is 13.1. The normalized spacial score (nSPS) is 11.6. The summed E-state index contributed by atoms with van der Waals surface area (Å²) in [5.41, 5.74) is 1.63. The first-order valence-corrected chi connectivity index (χ1v) is 7.53. The Morgan fingerprint density at radius 1 is 1.17 bits per heavy atom. The second-order valence-electron chi connectivity index (χ2n) is 5.17. The van der Waals surface area contributed by atoms with Crippen molar-refractivity contribution in [1.29, 1.82) is 0 Å². The molecule has 1 N–H and O–H groups in total. The zero-order chi connectivity index (χ0) is 16.8. The molecule has 0 unspecified atom stereocenters. The van der Waals surface area contributed by atoms with Crippen LogP contribution in [0.5, 0.6) is 5.88 Å². The van der Waals surface area contributed by atoms with Crippen molar-refractivity contribution in [3.63, 3.8) is 0 Å². The predicted molar refractivity (Wildman–Crippen MR) is 85.4 cm³/mol. The second kappa shape index (κ2) is 5.15. The molecular formula is C15H14N6O3. The van der Waals surface area contributed by atoms with Crippen molar-refractivity contribution in [2.45, 2.75) is 20.4 Å². The predicted octanol–water partition coefficient (Wildman–Crippen LogP) is 1.74. The Morgan fingerprint density at radius 3 is 2.71 bits per heavy atom. The highest BCUT2D eigenvalue weighted by Crippen LogP contribution is 2.30. The van der Waals surface area contributed by atoms with Crippen molar-refractivity contribution in [3.8, 4) is 5.88 Å². The second-order valence-corrected chi connectivity index (χ2v) is 5.17. The number of nitrogens with zero attached hydrogens (tertiary/aromatic N) is 6. The summed E-state index contributed by atoms with van der Waals surface area (Å²) in [6.07, 6.45) is 4.65. The fourth-order valence-corrected chi connectivity index (χ4v) is 2.80. The molecule has 9 nitrogen and oxygen atoms in total. The van der Waals surface area contributed by atoms with Gasteiger partial charge in [-0.25, -0.2) is 19.0 Å². The minimum Gasteiger partial charge on any atom is -0.477 e. The molecule has 0 fully saturated rings. The Hall–Kier alpha value is -3.23. The standard InChI is InChI=1S/C15H14N6O3/c1-3-20-12-8(6-17-20)11-9(5-16-12)14(24-4-2)19-13-10(15(22)23)7-18-21(11)13/h5-7H,3-4H2,1-2H3,(H,22,23). The summed E-state index contributed by atoms with van der Waals surface area (Å²) in [6, 6.07) is 0. The van der Waals surface area contributed by atoms with Crippen molar-refractivity contribution >= 4 is 33.6 Å². The Kier molecular flexibility index (Phi) is 3.08. The van der Waals surface area contributed by atoms with E-state index in [9.17, 15) is 9.90 Å². The van der Waals surface area contributed by atoms with Crippen LogP contribution in [-0.4, -0.2) is 47.0 Å². The van der Waals surface area contributed by atoms with Gasteiger partial charge in [0.25, 0.3) is 0 Å². The van der Waals surface area contributed by atoms with Crippen molar-refractivity contribution < 1.29 is 14.6 Å². The molecule has 4 aromatic heterocycles. The molecule has 0 aliphatic heterocycles. The SMILES string of the molecule is CCOc1nc2c(C(=O)O)cnn2c2c1cnc1c2cnn1CC. The highest BCUT2D eigenvalue weighted by atomic mass is 16.5. The molecule has 0 aliphatic carbocycles. The molecule has 4 rings (SSSR count). The lowest BCUT2D eigenvalue weighted by Gasteiger charge is -2.09. The van der Waals surface area contributed by atoms with Gasteiger partial charge in [0.1, 0.15) is 5.56 Å². The van der Waals surface area contributed by atoms with Gasteiger partial charge in [0, 0.05) is 12.7 Å². The molecule has 0 atom stereocenters. The molecule has 9 heteroatoms. The van der Waals surface area contributed by atoms with Crippen molar-refractivity contribution in [3.05, 3.63) is 24.2 Å². The summed E-state index contributed by atoms with van der Waals surface area (Å²) in [4.78, 5) is 20.2. The van der Waals surface area contributed by atoms with Gasteiger partial charge in [0.2, 0.25) is 5.88 Å². The Bertz CT molecular complexity index is 1100. The number of rotatable bonds is 4. The summed E-state index contributed by atoms with van der Waals surface area (Å²) in [5, 5.41) is 19.3. The number of hydrogen-bond donors (Lipinski definition) is 1. The van der Waals surface area contributed by atoms with E-state index in [4.69, 9.17) is 4.74 Å². The minimum atomic E-state index is -1.09. The lowest BCUT2D eigenvalue weighted by atomic mass is 10.2. The lowest BCUT2D eigenvalue weighted by Crippen LogP contribution is -2.04. The maximum absolute atomic E-state index is 11.4. The quantitative estimate of drug-likeness (QED) is 0.608. The number of fused-ring (bicyclic) bond motifs is 5. The summed E-state index contributed by atoms with van der Waals surface area (Å²) >= 11 is 0. The van der Waals surface area contributed by atoms with E-state index in [-0.39, 0.29) is 11.2 Å². The van der Waals surface area contributed by atoms with E-state index in [1.54, 1.807) is 17.1 Å². The number of carboxylic acid groups (broad SMARTS) is 1. The van der Waals surface area contributed by atoms with Crippen LogP contribution in [0.3, 0.4) is 0 Å². The highest BCUT2D eigenvalue weighted by molar-refractivity contribution is 6.06. The largest absolute Gasteiger partial charge is 0.477 e. The molecule has 0 saturated heterocycles. The number of aryl methyl sites for hydroxylation is 1. The van der Waals surface area contributed by atoms with Gasteiger partial charge < -0.3 is 9.84 Å². The molecule has 4 heterocycles. The van der Waals surface area contributed by atoms with Crippen LogP contribution in [0.4, 0.5) is 0 Å². The summed E-state index contributed by atoms with van der Waals surface area (Å²) < 4.78 is 8.87. The van der Waals surface area contributed by atoms with E-state index in [2.05, 4.69) is 20.2 Å². The van der Waals surface area contributed by atoms with Gasteiger partial charge in [0.15, 0.2) is 11.3 Å². The highest BCUT2D eigenvalue weighted by Gasteiger charge is 2.20. The van der Waals surface area contributed by atoms with Crippen LogP contribution in [-0.2, 0) is 6.54 Å². The van der Waals surface area contributed by atoms with Crippen LogP contribution in [0.15, 0.2) is 18.6 Å². The van der Waals surface area contributed by atoms with Crippen LogP contribution < -0.4 is 4.74 Å². The number of aromatic carboxylic acids is 1. The van der Waals surface area contributed by atoms with Crippen molar-refractivity contribution in [2.24, 2.45) is 0 Å². The number of carboxylic acids is 1. The monoisotopic (exact) mass is 326 g/mol. The first-order valence-electron chi connectivity index (χ1n) is 7.53. The molecule has 24 heavy (non-hydrogen) atoms. The fourth-order valence-electron chi connectivity index (χ4n) is 2.80. The van der Waals surface area contributed by atoms with Gasteiger partial charge in [0.05, 0.1) is 35.3 Å². The number of aromatic nitrogens is 6. The molecule has 0 radical (unpaired) electrons. The van der Waals surface area contributed by atoms with E-state index in [1.807, 2.05) is 13.8 Å². The first kappa shape index (κ1) is 14.4. The van der Waals surface area contributed by atoms with Crippen LogP contribution in [0, 0.1) is 0 Å². The van der Waals surface area contributed by atoms with Crippen LogP contribution in [0.1, 0.15) is 24.2 Å². The van der Waals surface area contributed by atoms with Gasteiger partial charge in [-0.1, -0.05) is 0 Å². The van der Waals surface area contributed by atoms with Gasteiger partial charge in [-0.2, -0.15) is 15.2 Å². The number of hydrogen-bond acceptors (Lipinski definition) is 6. The Morgan fingerprint density at radius 2 is 2.00 bits per heavy atom. The lowest BCUT2D eigenvalue weighted by molar-refractivity contribution is 0.0699. The Labute approximate surface area is 135 Å². The number of pyridine rings is 1. The summed E-state index contributed by atoms with van der Waals surface area (Å²) in [6.45, 7) is 4.89. The van der Waals surface area contributed by atoms with Gasteiger partial charge in [-0.15, -0.1) is 0 Å². The van der Waals surface area contributed by atoms with E-state index < -0.39 is 5.97 Å². The minimum absolute atomic E-state index is 0.0192. The van der Waals surface area contributed by atoms with E-state index in [0.29, 0.717) is 35.6 Å². The molecule has 0 saturated carbocycles. The van der Waals surface area contributed by atoms with Crippen LogP contribution in [0.2, 0.25) is 0 Å². The molecule has 0 amide bonds. The van der Waals surface area contributed by atoms with Crippen LogP contribution >= 0.6 is 0 Å². The molecule has 0 aromatic carbocycles. The van der Waals surface area contributed by atoms with Crippen molar-refractivity contribution in [2.75, 3.05) is 6.61 Å². The first-order chi connectivity index (χ1) is 11.7. The third kappa shape index (κ3) is 1.84. The van der Waals surface area contributed by atoms with E-state index >= 15 is 0 Å². The molecule has 0 aliphatic rings. The molecule has 0 spiro atoms.